The zero-order valence-electron chi connectivity index (χ0n) is 10.7. The number of carbonyl (C=O) groups is 1. The maximum atomic E-state index is 11.2. The van der Waals surface area contributed by atoms with Crippen LogP contribution in [0.5, 0.6) is 0 Å². The molecule has 0 amide bonds. The van der Waals surface area contributed by atoms with Gasteiger partial charge >= 0.3 is 5.97 Å². The number of fused-ring (bicyclic) bond motifs is 1. The Labute approximate surface area is 120 Å². The number of nitrogens with one attached hydrogen (secondary N) is 1. The van der Waals surface area contributed by atoms with Crippen LogP contribution in [0.4, 0.5) is 5.82 Å². The number of hydrogen-bond donors (Lipinski definition) is 2. The summed E-state index contributed by atoms with van der Waals surface area (Å²) in [6, 6.07) is 8.86. The first-order valence-corrected chi connectivity index (χ1v) is 6.46. The maximum absolute atomic E-state index is 11.2. The number of rotatable bonds is 2. The van der Waals surface area contributed by atoms with Crippen molar-refractivity contribution >= 4 is 23.4 Å². The molecule has 3 rings (SSSR count). The van der Waals surface area contributed by atoms with Crippen LogP contribution in [0, 0.1) is 6.92 Å². The molecular formula is C14H12ClN3O2. The van der Waals surface area contributed by atoms with E-state index in [1.54, 1.807) is 22.9 Å². The molecule has 1 unspecified atom stereocenters. The zero-order chi connectivity index (χ0) is 14.3. The van der Waals surface area contributed by atoms with Gasteiger partial charge in [0.15, 0.2) is 0 Å². The van der Waals surface area contributed by atoms with E-state index in [4.69, 9.17) is 11.6 Å². The highest BCUT2D eigenvalue weighted by atomic mass is 35.5. The highest BCUT2D eigenvalue weighted by Crippen LogP contribution is 2.30. The lowest BCUT2D eigenvalue weighted by atomic mass is 10.0. The number of aryl methyl sites for hydroxylation is 1. The van der Waals surface area contributed by atoms with Crippen molar-refractivity contribution in [3.63, 3.8) is 0 Å². The van der Waals surface area contributed by atoms with Crippen LogP contribution >= 0.6 is 11.6 Å². The number of allylic oxidation sites excluding steroid dienone is 1. The van der Waals surface area contributed by atoms with Crippen LogP contribution in [-0.4, -0.2) is 20.9 Å². The number of benzene rings is 1. The summed E-state index contributed by atoms with van der Waals surface area (Å²) in [4.78, 5) is 11.2. The molecular weight excluding hydrogens is 278 g/mol. The fourth-order valence-corrected chi connectivity index (χ4v) is 2.38. The van der Waals surface area contributed by atoms with E-state index in [1.807, 2.05) is 25.1 Å². The molecule has 5 nitrogen and oxygen atoms in total. The minimum absolute atomic E-state index is 0.150. The lowest BCUT2D eigenvalue weighted by Crippen LogP contribution is -2.23. The Bertz CT molecular complexity index is 704. The molecule has 0 saturated carbocycles. The summed E-state index contributed by atoms with van der Waals surface area (Å²) < 4.78 is 1.77. The predicted molar refractivity (Wildman–Crippen MR) is 75.9 cm³/mol. The van der Waals surface area contributed by atoms with Gasteiger partial charge in [-0.3, -0.25) is 0 Å². The van der Waals surface area contributed by atoms with Crippen LogP contribution in [0.3, 0.4) is 0 Å². The highest BCUT2D eigenvalue weighted by Gasteiger charge is 2.25. The summed E-state index contributed by atoms with van der Waals surface area (Å²) in [5, 5.41) is 17.1. The normalized spacial score (nSPS) is 17.1. The molecule has 0 bridgehead atoms. The van der Waals surface area contributed by atoms with Gasteiger partial charge in [0.1, 0.15) is 11.5 Å². The molecule has 1 atom stereocenters. The quantitative estimate of drug-likeness (QED) is 0.892. The minimum atomic E-state index is -0.992. The summed E-state index contributed by atoms with van der Waals surface area (Å²) in [5.41, 5.74) is 1.91. The van der Waals surface area contributed by atoms with Crippen molar-refractivity contribution in [1.29, 1.82) is 0 Å². The lowest BCUT2D eigenvalue weighted by molar-refractivity contribution is -0.132. The average Bonchev–Trinajstić information content (AvgIpc) is 2.78. The summed E-state index contributed by atoms with van der Waals surface area (Å²) in [7, 11) is 0. The molecule has 1 aliphatic heterocycles. The van der Waals surface area contributed by atoms with Crippen molar-refractivity contribution in [2.45, 2.75) is 13.0 Å². The second kappa shape index (κ2) is 4.68. The zero-order valence-corrected chi connectivity index (χ0v) is 11.4. The van der Waals surface area contributed by atoms with E-state index < -0.39 is 5.97 Å². The van der Waals surface area contributed by atoms with Gasteiger partial charge in [-0.25, -0.2) is 9.48 Å². The molecule has 2 aromatic rings. The average molecular weight is 290 g/mol. The highest BCUT2D eigenvalue weighted by molar-refractivity contribution is 6.30. The van der Waals surface area contributed by atoms with E-state index in [0.29, 0.717) is 10.8 Å². The number of aromatic nitrogens is 2. The summed E-state index contributed by atoms with van der Waals surface area (Å²) in [5.74, 6) is -0.323. The topological polar surface area (TPSA) is 67.2 Å². The fraction of sp³-hybridized carbons (Fsp3) is 0.143. The Morgan fingerprint density at radius 3 is 2.75 bits per heavy atom. The molecule has 0 radical (unpaired) electrons. The van der Waals surface area contributed by atoms with Crippen LogP contribution in [-0.2, 0) is 4.79 Å². The van der Waals surface area contributed by atoms with Gasteiger partial charge in [0.05, 0.1) is 11.7 Å². The summed E-state index contributed by atoms with van der Waals surface area (Å²) in [6.45, 7) is 1.87. The van der Waals surface area contributed by atoms with Crippen LogP contribution in [0.1, 0.15) is 17.3 Å². The molecule has 2 N–H and O–H groups in total. The molecule has 102 valence electrons. The van der Waals surface area contributed by atoms with E-state index >= 15 is 0 Å². The van der Waals surface area contributed by atoms with Crippen molar-refractivity contribution in [3.05, 3.63) is 58.4 Å². The van der Waals surface area contributed by atoms with Crippen LogP contribution in [0.15, 0.2) is 42.1 Å². The van der Waals surface area contributed by atoms with Crippen molar-refractivity contribution in [3.8, 4) is 0 Å². The second-order valence-corrected chi connectivity index (χ2v) is 5.06. The van der Waals surface area contributed by atoms with Gasteiger partial charge in [-0.05, 0) is 30.7 Å². The van der Waals surface area contributed by atoms with Crippen molar-refractivity contribution in [2.24, 2.45) is 0 Å². The van der Waals surface area contributed by atoms with Gasteiger partial charge in [0.25, 0.3) is 0 Å². The molecule has 0 aliphatic carbocycles. The fourth-order valence-electron chi connectivity index (χ4n) is 2.25. The monoisotopic (exact) mass is 289 g/mol. The number of halogens is 1. The van der Waals surface area contributed by atoms with Crippen LogP contribution in [0.2, 0.25) is 5.02 Å². The molecule has 0 fully saturated rings. The van der Waals surface area contributed by atoms with Gasteiger partial charge < -0.3 is 10.4 Å². The van der Waals surface area contributed by atoms with Gasteiger partial charge in [-0.15, -0.1) is 0 Å². The Morgan fingerprint density at radius 1 is 1.40 bits per heavy atom. The largest absolute Gasteiger partial charge is 0.477 e. The standard InChI is InChI=1S/C14H12ClN3O2/c1-8-6-13-16-11(14(19)20)7-12(18(13)17-8)9-2-4-10(15)5-3-9/h2-7,12,16H,1H3,(H,19,20). The van der Waals surface area contributed by atoms with Crippen LogP contribution in [0.25, 0.3) is 0 Å². The van der Waals surface area contributed by atoms with Crippen molar-refractivity contribution in [2.75, 3.05) is 5.32 Å². The molecule has 1 aliphatic rings. The first-order chi connectivity index (χ1) is 9.54. The molecule has 0 saturated heterocycles. The molecule has 6 heteroatoms. The van der Waals surface area contributed by atoms with Crippen molar-refractivity contribution < 1.29 is 9.90 Å². The summed E-state index contributed by atoms with van der Waals surface area (Å²) >= 11 is 5.89. The van der Waals surface area contributed by atoms with Gasteiger partial charge in [0, 0.05) is 11.1 Å². The van der Waals surface area contributed by atoms with E-state index in [2.05, 4.69) is 10.4 Å². The third-order valence-corrected chi connectivity index (χ3v) is 3.40. The SMILES string of the molecule is Cc1cc2n(n1)C(c1ccc(Cl)cc1)C=C(C(=O)O)N2. The number of carboxylic acid groups (broad SMARTS) is 1. The van der Waals surface area contributed by atoms with Crippen molar-refractivity contribution in [1.82, 2.24) is 9.78 Å². The van der Waals surface area contributed by atoms with Gasteiger partial charge in [-0.1, -0.05) is 23.7 Å². The van der Waals surface area contributed by atoms with E-state index in [1.165, 1.54) is 0 Å². The number of hydrogen-bond acceptors (Lipinski definition) is 3. The number of aliphatic carboxylic acids is 1. The third-order valence-electron chi connectivity index (χ3n) is 3.15. The summed E-state index contributed by atoms with van der Waals surface area (Å²) in [6.07, 6.45) is 1.64. The molecule has 0 spiro atoms. The smallest absolute Gasteiger partial charge is 0.352 e. The van der Waals surface area contributed by atoms with E-state index in [9.17, 15) is 9.90 Å². The van der Waals surface area contributed by atoms with E-state index in [0.717, 1.165) is 11.3 Å². The molecule has 1 aromatic heterocycles. The first-order valence-electron chi connectivity index (χ1n) is 6.08. The lowest BCUT2D eigenvalue weighted by Gasteiger charge is -2.23. The van der Waals surface area contributed by atoms with Gasteiger partial charge in [-0.2, -0.15) is 5.10 Å². The Balaban J connectivity index is 2.11. The Hall–Kier alpha value is -2.27. The second-order valence-electron chi connectivity index (χ2n) is 4.62. The number of anilines is 1. The van der Waals surface area contributed by atoms with Crippen LogP contribution < -0.4 is 5.32 Å². The Kier molecular flexibility index (Phi) is 2.99. The minimum Gasteiger partial charge on any atom is -0.477 e. The predicted octanol–water partition coefficient (Wildman–Crippen LogP) is 2.83. The Morgan fingerprint density at radius 2 is 2.10 bits per heavy atom. The van der Waals surface area contributed by atoms with E-state index in [-0.39, 0.29) is 11.7 Å². The first kappa shape index (κ1) is 12.7. The molecule has 20 heavy (non-hydrogen) atoms. The number of nitrogens with zero attached hydrogens (tertiary/aromatic N) is 2. The van der Waals surface area contributed by atoms with Gasteiger partial charge in [0.2, 0.25) is 0 Å². The molecule has 1 aromatic carbocycles. The molecule has 2 heterocycles. The number of carboxylic acids is 1. The maximum Gasteiger partial charge on any atom is 0.352 e. The third kappa shape index (κ3) is 2.16.